The molecule has 1 atom stereocenters. The lowest BCUT2D eigenvalue weighted by Crippen LogP contribution is -2.41. The first kappa shape index (κ1) is 18.5. The number of carbonyl (C=O) groups is 1. The van der Waals surface area contributed by atoms with Gasteiger partial charge in [-0.1, -0.05) is 12.1 Å². The van der Waals surface area contributed by atoms with Gasteiger partial charge in [0.1, 0.15) is 23.9 Å². The summed E-state index contributed by atoms with van der Waals surface area (Å²) in [6.45, 7) is -0.352. The van der Waals surface area contributed by atoms with Gasteiger partial charge >= 0.3 is 0 Å². The minimum absolute atomic E-state index is 0.00356. The van der Waals surface area contributed by atoms with Crippen molar-refractivity contribution in [2.24, 2.45) is 0 Å². The van der Waals surface area contributed by atoms with Crippen LogP contribution in [0, 0.1) is 5.82 Å². The van der Waals surface area contributed by atoms with Gasteiger partial charge in [-0.05, 0) is 18.2 Å². The zero-order valence-corrected chi connectivity index (χ0v) is 15.6. The van der Waals surface area contributed by atoms with Gasteiger partial charge in [0.05, 0.1) is 17.4 Å². The fourth-order valence-corrected chi connectivity index (χ4v) is 3.84. The average molecular weight is 415 g/mol. The van der Waals surface area contributed by atoms with Crippen LogP contribution in [0.2, 0.25) is 0 Å². The average Bonchev–Trinajstić information content (AvgIpc) is 3.46. The van der Waals surface area contributed by atoms with E-state index in [0.717, 1.165) is 10.4 Å². The summed E-state index contributed by atoms with van der Waals surface area (Å²) in [5.74, 6) is -1.10. The molecule has 0 unspecified atom stereocenters. The lowest BCUT2D eigenvalue weighted by atomic mass is 9.99. The fraction of sp³-hybridized carbons (Fsp3) is 0.250. The Hall–Kier alpha value is -3.56. The third-order valence-corrected chi connectivity index (χ3v) is 5.18. The van der Waals surface area contributed by atoms with Crippen molar-refractivity contribution >= 4 is 16.9 Å². The molecule has 0 aliphatic carbocycles. The van der Waals surface area contributed by atoms with Gasteiger partial charge in [-0.15, -0.1) is 0 Å². The standard InChI is InChI=1S/C20H16F3N5O2/c21-15(22)9-27-7-5-13(26-27)20(29)28-8-6-12-17(25-10-24-12)18(28)19-16(23)11-3-1-2-4-14(11)30-19/h1-5,7,10,15,18H,6,8-9H2,(H,24,25)/t18-/m1/s1. The van der Waals surface area contributed by atoms with Crippen LogP contribution in [0.1, 0.15) is 33.7 Å². The zero-order valence-electron chi connectivity index (χ0n) is 15.6. The second-order valence-corrected chi connectivity index (χ2v) is 7.01. The van der Waals surface area contributed by atoms with E-state index in [0.29, 0.717) is 23.1 Å². The number of aromatic amines is 1. The monoisotopic (exact) mass is 415 g/mol. The molecule has 0 spiro atoms. The molecule has 4 heterocycles. The molecule has 0 radical (unpaired) electrons. The highest BCUT2D eigenvalue weighted by atomic mass is 19.3. The predicted molar refractivity (Wildman–Crippen MR) is 99.6 cm³/mol. The Labute approximate surface area is 168 Å². The van der Waals surface area contributed by atoms with Gasteiger partial charge in [0.2, 0.25) is 0 Å². The molecule has 0 bridgehead atoms. The highest BCUT2D eigenvalue weighted by Crippen LogP contribution is 2.39. The van der Waals surface area contributed by atoms with Crippen molar-refractivity contribution in [3.8, 4) is 0 Å². The van der Waals surface area contributed by atoms with E-state index >= 15 is 4.39 Å². The number of hydrogen-bond donors (Lipinski definition) is 1. The number of aromatic nitrogens is 4. The first-order valence-electron chi connectivity index (χ1n) is 9.34. The molecule has 3 aromatic heterocycles. The maximum Gasteiger partial charge on any atom is 0.275 e. The molecule has 154 valence electrons. The van der Waals surface area contributed by atoms with E-state index in [9.17, 15) is 13.6 Å². The molecule has 4 aromatic rings. The number of amides is 1. The Balaban J connectivity index is 1.58. The number of rotatable bonds is 4. The fourth-order valence-electron chi connectivity index (χ4n) is 3.84. The number of carbonyl (C=O) groups excluding carboxylic acids is 1. The minimum Gasteiger partial charge on any atom is -0.455 e. The normalized spacial score (nSPS) is 16.4. The van der Waals surface area contributed by atoms with Gasteiger partial charge < -0.3 is 14.3 Å². The summed E-state index contributed by atoms with van der Waals surface area (Å²) in [5, 5.41) is 4.26. The molecule has 10 heteroatoms. The molecule has 30 heavy (non-hydrogen) atoms. The van der Waals surface area contributed by atoms with Crippen molar-refractivity contribution in [2.45, 2.75) is 25.4 Å². The Morgan fingerprint density at radius 2 is 2.13 bits per heavy atom. The van der Waals surface area contributed by atoms with Crippen LogP contribution in [-0.4, -0.2) is 43.5 Å². The molecular formula is C20H16F3N5O2. The number of fused-ring (bicyclic) bond motifs is 2. The first-order valence-corrected chi connectivity index (χ1v) is 9.34. The van der Waals surface area contributed by atoms with Crippen molar-refractivity contribution in [1.29, 1.82) is 0 Å². The number of imidazole rings is 1. The van der Waals surface area contributed by atoms with Crippen LogP contribution < -0.4 is 0 Å². The maximum atomic E-state index is 15.2. The summed E-state index contributed by atoms with van der Waals surface area (Å²) >= 11 is 0. The van der Waals surface area contributed by atoms with Crippen LogP contribution >= 0.6 is 0 Å². The quantitative estimate of drug-likeness (QED) is 0.553. The lowest BCUT2D eigenvalue weighted by molar-refractivity contribution is 0.0659. The number of halogens is 3. The van der Waals surface area contributed by atoms with Gasteiger partial charge in [0, 0.05) is 24.9 Å². The number of hydrogen-bond acceptors (Lipinski definition) is 4. The van der Waals surface area contributed by atoms with Gasteiger partial charge in [-0.3, -0.25) is 9.48 Å². The van der Waals surface area contributed by atoms with Crippen LogP contribution in [0.5, 0.6) is 0 Å². The molecule has 0 saturated heterocycles. The minimum atomic E-state index is -2.59. The maximum absolute atomic E-state index is 15.2. The molecule has 1 aliphatic rings. The van der Waals surface area contributed by atoms with E-state index in [1.54, 1.807) is 24.3 Å². The van der Waals surface area contributed by atoms with E-state index in [1.807, 2.05) is 0 Å². The van der Waals surface area contributed by atoms with Crippen LogP contribution in [-0.2, 0) is 13.0 Å². The van der Waals surface area contributed by atoms with E-state index in [4.69, 9.17) is 4.42 Å². The summed E-state index contributed by atoms with van der Waals surface area (Å²) in [5.41, 5.74) is 1.63. The Morgan fingerprint density at radius 1 is 1.30 bits per heavy atom. The highest BCUT2D eigenvalue weighted by Gasteiger charge is 2.39. The van der Waals surface area contributed by atoms with Crippen molar-refractivity contribution in [1.82, 2.24) is 24.6 Å². The van der Waals surface area contributed by atoms with Crippen LogP contribution in [0.4, 0.5) is 13.2 Å². The van der Waals surface area contributed by atoms with E-state index in [1.165, 1.54) is 23.5 Å². The number of nitrogens with zero attached hydrogens (tertiary/aromatic N) is 4. The number of nitrogens with one attached hydrogen (secondary N) is 1. The molecular weight excluding hydrogens is 399 g/mol. The Morgan fingerprint density at radius 3 is 2.93 bits per heavy atom. The molecule has 0 saturated carbocycles. The largest absolute Gasteiger partial charge is 0.455 e. The highest BCUT2D eigenvalue weighted by molar-refractivity contribution is 5.93. The molecule has 7 nitrogen and oxygen atoms in total. The summed E-state index contributed by atoms with van der Waals surface area (Å²) in [6.07, 6.45) is 0.702. The molecule has 1 N–H and O–H groups in total. The number of benzene rings is 1. The molecule has 5 rings (SSSR count). The second kappa shape index (κ2) is 7.05. The second-order valence-electron chi connectivity index (χ2n) is 7.01. The predicted octanol–water partition coefficient (Wildman–Crippen LogP) is 3.54. The summed E-state index contributed by atoms with van der Waals surface area (Å²) in [7, 11) is 0. The van der Waals surface area contributed by atoms with E-state index in [2.05, 4.69) is 15.1 Å². The number of H-pyrrole nitrogens is 1. The van der Waals surface area contributed by atoms with Gasteiger partial charge in [-0.2, -0.15) is 5.10 Å². The molecule has 1 aliphatic heterocycles. The number of furan rings is 1. The first-order chi connectivity index (χ1) is 14.5. The lowest BCUT2D eigenvalue weighted by Gasteiger charge is -2.33. The zero-order chi connectivity index (χ0) is 20.8. The van der Waals surface area contributed by atoms with Crippen molar-refractivity contribution in [3.05, 3.63) is 71.5 Å². The molecule has 1 aromatic carbocycles. The van der Waals surface area contributed by atoms with Crippen molar-refractivity contribution in [3.63, 3.8) is 0 Å². The van der Waals surface area contributed by atoms with Crippen LogP contribution in [0.15, 0.2) is 47.3 Å². The topological polar surface area (TPSA) is 80.0 Å². The SMILES string of the molecule is O=C(c1ccn(CC(F)F)n1)N1CCc2[nH]cnc2[C@@H]1c1oc2ccccc2c1F. The van der Waals surface area contributed by atoms with E-state index < -0.39 is 30.7 Å². The van der Waals surface area contributed by atoms with E-state index in [-0.39, 0.29) is 18.0 Å². The summed E-state index contributed by atoms with van der Waals surface area (Å²) < 4.78 is 47.3. The van der Waals surface area contributed by atoms with Crippen molar-refractivity contribution in [2.75, 3.05) is 6.54 Å². The third-order valence-electron chi connectivity index (χ3n) is 5.18. The third kappa shape index (κ3) is 2.95. The summed E-state index contributed by atoms with van der Waals surface area (Å²) in [4.78, 5) is 21.9. The van der Waals surface area contributed by atoms with Gasteiger partial charge in [0.25, 0.3) is 12.3 Å². The number of para-hydroxylation sites is 1. The van der Waals surface area contributed by atoms with Gasteiger partial charge in [0.15, 0.2) is 11.6 Å². The Bertz CT molecular complexity index is 1230. The smallest absolute Gasteiger partial charge is 0.275 e. The van der Waals surface area contributed by atoms with Crippen molar-refractivity contribution < 1.29 is 22.4 Å². The summed E-state index contributed by atoms with van der Waals surface area (Å²) in [6, 6.07) is 7.15. The molecule has 1 amide bonds. The Kier molecular flexibility index (Phi) is 4.34. The van der Waals surface area contributed by atoms with Crippen LogP contribution in [0.25, 0.3) is 11.0 Å². The van der Waals surface area contributed by atoms with Crippen LogP contribution in [0.3, 0.4) is 0 Å². The molecule has 0 fully saturated rings. The number of alkyl halides is 2. The van der Waals surface area contributed by atoms with Gasteiger partial charge in [-0.25, -0.2) is 18.2 Å².